The maximum Gasteiger partial charge on any atom is 0.266 e. The van der Waals surface area contributed by atoms with Crippen LogP contribution in [0, 0.1) is 0 Å². The zero-order valence-electron chi connectivity index (χ0n) is 14.4. The van der Waals surface area contributed by atoms with Crippen molar-refractivity contribution in [3.05, 3.63) is 40.3 Å². The van der Waals surface area contributed by atoms with E-state index in [0.717, 1.165) is 12.0 Å². The normalized spacial score (nSPS) is 17.1. The number of benzene rings is 1. The van der Waals surface area contributed by atoms with E-state index < -0.39 is 0 Å². The van der Waals surface area contributed by atoms with Crippen LogP contribution in [0.15, 0.2) is 29.7 Å². The smallest absolute Gasteiger partial charge is 0.266 e. The summed E-state index contributed by atoms with van der Waals surface area (Å²) in [5.41, 5.74) is 0.748. The number of hydrogen-bond acceptors (Lipinski definition) is 5. The number of amides is 1. The summed E-state index contributed by atoms with van der Waals surface area (Å²) in [6.45, 7) is 8.04. The van der Waals surface area contributed by atoms with Gasteiger partial charge < -0.3 is 9.47 Å². The summed E-state index contributed by atoms with van der Waals surface area (Å²) in [5.74, 6) is 0.903. The number of carbonyl (C=O) groups excluding carboxylic acids is 1. The van der Waals surface area contributed by atoms with Gasteiger partial charge >= 0.3 is 0 Å². The SMILES string of the molecule is C=CCN1C(=O)C(=Cc2cc(Cl)c(OC(C)CC)c(OC)c2)SC1=S. The molecule has 0 spiro atoms. The Labute approximate surface area is 162 Å². The van der Waals surface area contributed by atoms with Crippen LogP contribution in [0.1, 0.15) is 25.8 Å². The lowest BCUT2D eigenvalue weighted by atomic mass is 10.1. The van der Waals surface area contributed by atoms with Crippen LogP contribution >= 0.6 is 35.6 Å². The molecule has 1 unspecified atom stereocenters. The van der Waals surface area contributed by atoms with E-state index in [2.05, 4.69) is 6.58 Å². The molecule has 0 aromatic heterocycles. The maximum absolute atomic E-state index is 12.4. The van der Waals surface area contributed by atoms with Crippen molar-refractivity contribution in [2.24, 2.45) is 0 Å². The monoisotopic (exact) mass is 397 g/mol. The van der Waals surface area contributed by atoms with Gasteiger partial charge in [-0.1, -0.05) is 48.6 Å². The average molecular weight is 398 g/mol. The first-order valence-corrected chi connectivity index (χ1v) is 9.42. The van der Waals surface area contributed by atoms with Gasteiger partial charge in [-0.2, -0.15) is 0 Å². The van der Waals surface area contributed by atoms with Crippen LogP contribution in [0.3, 0.4) is 0 Å². The van der Waals surface area contributed by atoms with Crippen LogP contribution in [0.2, 0.25) is 5.02 Å². The molecule has 1 aliphatic rings. The van der Waals surface area contributed by atoms with Crippen molar-refractivity contribution in [3.63, 3.8) is 0 Å². The van der Waals surface area contributed by atoms with Crippen molar-refractivity contribution in [1.82, 2.24) is 4.90 Å². The van der Waals surface area contributed by atoms with Gasteiger partial charge in [-0.15, -0.1) is 6.58 Å². The Morgan fingerprint density at radius 1 is 1.48 bits per heavy atom. The van der Waals surface area contributed by atoms with Gasteiger partial charge in [0.2, 0.25) is 0 Å². The third kappa shape index (κ3) is 4.57. The van der Waals surface area contributed by atoms with E-state index in [1.807, 2.05) is 13.8 Å². The molecule has 1 aromatic carbocycles. The summed E-state index contributed by atoms with van der Waals surface area (Å²) in [4.78, 5) is 14.5. The lowest BCUT2D eigenvalue weighted by molar-refractivity contribution is -0.121. The number of thioether (sulfide) groups is 1. The molecule has 0 N–H and O–H groups in total. The molecule has 0 radical (unpaired) electrons. The number of rotatable bonds is 7. The van der Waals surface area contributed by atoms with Crippen molar-refractivity contribution in [2.75, 3.05) is 13.7 Å². The Bertz CT molecular complexity index is 733. The van der Waals surface area contributed by atoms with E-state index in [1.165, 1.54) is 16.7 Å². The van der Waals surface area contributed by atoms with E-state index in [0.29, 0.717) is 32.3 Å². The lowest BCUT2D eigenvalue weighted by Crippen LogP contribution is -2.27. The van der Waals surface area contributed by atoms with Crippen molar-refractivity contribution >= 4 is 51.9 Å². The second-order valence-electron chi connectivity index (χ2n) is 5.45. The van der Waals surface area contributed by atoms with E-state index >= 15 is 0 Å². The van der Waals surface area contributed by atoms with Crippen LogP contribution in [-0.2, 0) is 4.79 Å². The second-order valence-corrected chi connectivity index (χ2v) is 7.53. The first kappa shape index (κ1) is 19.8. The first-order chi connectivity index (χ1) is 11.9. The number of ether oxygens (including phenoxy) is 2. The standard InChI is InChI=1S/C18H20ClNO3S2/c1-5-7-20-17(21)15(25-18(20)24)10-12-8-13(19)16(14(9-12)22-4)23-11(3)6-2/h5,8-11H,1,6-7H2,2-4H3. The molecule has 0 saturated carbocycles. The molecular weight excluding hydrogens is 378 g/mol. The van der Waals surface area contributed by atoms with Crippen LogP contribution in [0.25, 0.3) is 6.08 Å². The van der Waals surface area contributed by atoms with Crippen molar-refractivity contribution in [3.8, 4) is 11.5 Å². The quantitative estimate of drug-likeness (QED) is 0.371. The van der Waals surface area contributed by atoms with Gasteiger partial charge in [-0.05, 0) is 37.1 Å². The zero-order valence-corrected chi connectivity index (χ0v) is 16.8. The lowest BCUT2D eigenvalue weighted by Gasteiger charge is -2.17. The topological polar surface area (TPSA) is 38.8 Å². The Morgan fingerprint density at radius 2 is 2.20 bits per heavy atom. The molecule has 2 rings (SSSR count). The highest BCUT2D eigenvalue weighted by molar-refractivity contribution is 8.26. The van der Waals surface area contributed by atoms with Gasteiger partial charge in [0, 0.05) is 6.54 Å². The number of carbonyl (C=O) groups is 1. The number of nitrogens with zero attached hydrogens (tertiary/aromatic N) is 1. The molecule has 1 fully saturated rings. The second kappa shape index (κ2) is 8.74. The number of hydrogen-bond donors (Lipinski definition) is 0. The molecule has 1 atom stereocenters. The Morgan fingerprint density at radius 3 is 2.80 bits per heavy atom. The predicted octanol–water partition coefficient (Wildman–Crippen LogP) is 4.91. The van der Waals surface area contributed by atoms with Gasteiger partial charge in [0.05, 0.1) is 23.1 Å². The molecule has 1 aliphatic heterocycles. The van der Waals surface area contributed by atoms with Crippen LogP contribution in [0.4, 0.5) is 0 Å². The summed E-state index contributed by atoms with van der Waals surface area (Å²) in [6.07, 6.45) is 4.28. The average Bonchev–Trinajstić information content (AvgIpc) is 2.84. The number of halogens is 1. The van der Waals surface area contributed by atoms with Crippen LogP contribution < -0.4 is 9.47 Å². The molecule has 1 saturated heterocycles. The minimum atomic E-state index is -0.134. The summed E-state index contributed by atoms with van der Waals surface area (Å²) >= 11 is 12.9. The van der Waals surface area contributed by atoms with Gasteiger partial charge in [-0.25, -0.2) is 0 Å². The largest absolute Gasteiger partial charge is 0.493 e. The van der Waals surface area contributed by atoms with E-state index in [1.54, 1.807) is 31.4 Å². The highest BCUT2D eigenvalue weighted by atomic mass is 35.5. The summed E-state index contributed by atoms with van der Waals surface area (Å²) in [6, 6.07) is 3.55. The molecule has 134 valence electrons. The minimum Gasteiger partial charge on any atom is -0.493 e. The third-order valence-corrected chi connectivity index (χ3v) is 5.29. The maximum atomic E-state index is 12.4. The van der Waals surface area contributed by atoms with Crippen molar-refractivity contribution in [1.29, 1.82) is 0 Å². The highest BCUT2D eigenvalue weighted by Gasteiger charge is 2.31. The predicted molar refractivity (Wildman–Crippen MR) is 108 cm³/mol. The fourth-order valence-electron chi connectivity index (χ4n) is 2.16. The molecule has 1 amide bonds. The number of methoxy groups -OCH3 is 1. The fourth-order valence-corrected chi connectivity index (χ4v) is 3.70. The first-order valence-electron chi connectivity index (χ1n) is 7.81. The zero-order chi connectivity index (χ0) is 18.6. The molecule has 7 heteroatoms. The van der Waals surface area contributed by atoms with Crippen LogP contribution in [0.5, 0.6) is 11.5 Å². The van der Waals surface area contributed by atoms with E-state index in [4.69, 9.17) is 33.3 Å². The molecule has 25 heavy (non-hydrogen) atoms. The van der Waals surface area contributed by atoms with Gasteiger partial charge in [0.15, 0.2) is 11.5 Å². The highest BCUT2D eigenvalue weighted by Crippen LogP contribution is 2.39. The molecule has 0 bridgehead atoms. The summed E-state index contributed by atoms with van der Waals surface area (Å²) < 4.78 is 11.8. The third-order valence-electron chi connectivity index (χ3n) is 3.63. The number of thiocarbonyl (C=S) groups is 1. The van der Waals surface area contributed by atoms with Crippen molar-refractivity contribution < 1.29 is 14.3 Å². The minimum absolute atomic E-state index is 0.0207. The Kier molecular flexibility index (Phi) is 6.93. The van der Waals surface area contributed by atoms with E-state index in [-0.39, 0.29) is 12.0 Å². The summed E-state index contributed by atoms with van der Waals surface area (Å²) in [5, 5.41) is 0.437. The Balaban J connectivity index is 2.35. The van der Waals surface area contributed by atoms with Gasteiger partial charge in [0.1, 0.15) is 4.32 Å². The van der Waals surface area contributed by atoms with E-state index in [9.17, 15) is 4.79 Å². The van der Waals surface area contributed by atoms with Gasteiger partial charge in [-0.3, -0.25) is 9.69 Å². The van der Waals surface area contributed by atoms with Crippen molar-refractivity contribution in [2.45, 2.75) is 26.4 Å². The molecule has 1 heterocycles. The van der Waals surface area contributed by atoms with Gasteiger partial charge in [0.25, 0.3) is 5.91 Å². The summed E-state index contributed by atoms with van der Waals surface area (Å²) in [7, 11) is 1.56. The molecule has 1 aromatic rings. The van der Waals surface area contributed by atoms with Crippen LogP contribution in [-0.4, -0.2) is 34.9 Å². The Hall–Kier alpha value is -1.50. The molecular formula is C18H20ClNO3S2. The molecule has 4 nitrogen and oxygen atoms in total. The molecule has 0 aliphatic carbocycles. The fraction of sp³-hybridized carbons (Fsp3) is 0.333.